The van der Waals surface area contributed by atoms with Crippen LogP contribution in [0.4, 0.5) is 0 Å². The van der Waals surface area contributed by atoms with Crippen LogP contribution in [0.1, 0.15) is 19.3 Å². The Morgan fingerprint density at radius 2 is 1.59 bits per heavy atom. The summed E-state index contributed by atoms with van der Waals surface area (Å²) >= 11 is 0. The van der Waals surface area contributed by atoms with Crippen LogP contribution in [0.5, 0.6) is 0 Å². The third-order valence-corrected chi connectivity index (χ3v) is 2.24. The van der Waals surface area contributed by atoms with Gasteiger partial charge in [0.2, 0.25) is 0 Å². The van der Waals surface area contributed by atoms with E-state index in [-0.39, 0.29) is 12.6 Å². The average Bonchev–Trinajstić information content (AvgIpc) is 2.93. The van der Waals surface area contributed by atoms with Crippen LogP contribution in [0.25, 0.3) is 0 Å². The van der Waals surface area contributed by atoms with Crippen LogP contribution in [-0.2, 0) is 19.2 Å². The number of carbonyl (C=O) groups is 4. The summed E-state index contributed by atoms with van der Waals surface area (Å²) in [5, 5.41) is 34.8. The van der Waals surface area contributed by atoms with Crippen LogP contribution >= 0.6 is 0 Å². The minimum atomic E-state index is -1.29. The van der Waals surface area contributed by atoms with Gasteiger partial charge < -0.3 is 37.2 Å². The second kappa shape index (κ2) is 12.5. The van der Waals surface area contributed by atoms with Gasteiger partial charge in [-0.25, -0.2) is 0 Å². The predicted molar refractivity (Wildman–Crippen MR) is 73.2 cm³/mol. The molecule has 0 aromatic carbocycles. The first kappa shape index (κ1) is 22.0. The Balaban J connectivity index is 0. The topological polar surface area (TPSA) is 213 Å². The van der Waals surface area contributed by atoms with Gasteiger partial charge in [0.05, 0.1) is 13.0 Å². The number of nitrogens with one attached hydrogen (secondary N) is 1. The standard InChI is InChI=1S/C5H9NO2.C4H7NO4.C2H5NO2/c7-5(8)4-2-1-3-6-4;5-2(4(8)9)1-3(6)7;3-1-2(4)5/h4,6H,1-3H2,(H,7,8);2H,1,5H2,(H,6,7)(H,8,9);1,3H2,(H,4,5)/t4-;;/m0../s1. The minimum absolute atomic E-state index is 0.269. The van der Waals surface area contributed by atoms with Crippen molar-refractivity contribution in [2.24, 2.45) is 11.5 Å². The normalized spacial score (nSPS) is 17.1. The summed E-state index contributed by atoms with van der Waals surface area (Å²) in [6.45, 7) is 0.580. The highest BCUT2D eigenvalue weighted by molar-refractivity contribution is 5.80. The molecule has 1 aliphatic rings. The maximum Gasteiger partial charge on any atom is 0.321 e. The number of carboxylic acids is 4. The van der Waals surface area contributed by atoms with E-state index in [0.29, 0.717) is 0 Å². The number of nitrogens with two attached hydrogens (primary N) is 2. The quantitative estimate of drug-likeness (QED) is 0.286. The molecule has 1 aliphatic heterocycles. The zero-order chi connectivity index (χ0) is 17.7. The molecule has 0 aromatic heterocycles. The molecule has 11 heteroatoms. The van der Waals surface area contributed by atoms with Crippen LogP contribution in [-0.4, -0.2) is 69.5 Å². The Morgan fingerprint density at radius 3 is 1.73 bits per heavy atom. The van der Waals surface area contributed by atoms with Gasteiger partial charge in [-0.3, -0.25) is 19.2 Å². The van der Waals surface area contributed by atoms with Gasteiger partial charge in [0.1, 0.15) is 12.1 Å². The fourth-order valence-corrected chi connectivity index (χ4v) is 1.17. The van der Waals surface area contributed by atoms with Crippen molar-refractivity contribution in [2.75, 3.05) is 13.1 Å². The fraction of sp³-hybridized carbons (Fsp3) is 0.636. The van der Waals surface area contributed by atoms with Crippen molar-refractivity contribution < 1.29 is 39.6 Å². The van der Waals surface area contributed by atoms with Gasteiger partial charge in [-0.05, 0) is 19.4 Å². The largest absolute Gasteiger partial charge is 0.481 e. The molecular weight excluding hydrogens is 302 g/mol. The molecule has 1 saturated heterocycles. The first-order valence-electron chi connectivity index (χ1n) is 6.20. The molecule has 0 aromatic rings. The molecule has 1 rings (SSSR count). The highest BCUT2D eigenvalue weighted by Gasteiger charge is 2.20. The Labute approximate surface area is 125 Å². The molecule has 0 aliphatic carbocycles. The number of hydrogen-bond acceptors (Lipinski definition) is 7. The number of aliphatic carboxylic acids is 4. The first-order valence-corrected chi connectivity index (χ1v) is 6.20. The van der Waals surface area contributed by atoms with E-state index in [4.69, 9.17) is 26.2 Å². The van der Waals surface area contributed by atoms with Gasteiger partial charge in [0.25, 0.3) is 0 Å². The highest BCUT2D eigenvalue weighted by Crippen LogP contribution is 2.03. The predicted octanol–water partition coefficient (Wildman–Crippen LogP) is -2.27. The van der Waals surface area contributed by atoms with Crippen LogP contribution < -0.4 is 16.8 Å². The Hall–Kier alpha value is -2.24. The lowest BCUT2D eigenvalue weighted by Crippen LogP contribution is -2.32. The van der Waals surface area contributed by atoms with Crippen LogP contribution in [0.15, 0.2) is 0 Å². The summed E-state index contributed by atoms with van der Waals surface area (Å²) in [7, 11) is 0. The van der Waals surface area contributed by atoms with Gasteiger partial charge in [-0.15, -0.1) is 0 Å². The molecule has 0 spiro atoms. The third-order valence-electron chi connectivity index (χ3n) is 2.24. The number of carboxylic acid groups (broad SMARTS) is 4. The van der Waals surface area contributed by atoms with Gasteiger partial charge >= 0.3 is 23.9 Å². The maximum atomic E-state index is 10.1. The molecule has 11 nitrogen and oxygen atoms in total. The first-order chi connectivity index (χ1) is 10.1. The molecule has 0 radical (unpaired) electrons. The number of rotatable bonds is 5. The zero-order valence-electron chi connectivity index (χ0n) is 11.8. The van der Waals surface area contributed by atoms with Gasteiger partial charge in [-0.1, -0.05) is 0 Å². The lowest BCUT2D eigenvalue weighted by molar-refractivity contribution is -0.144. The smallest absolute Gasteiger partial charge is 0.321 e. The summed E-state index contributed by atoms with van der Waals surface area (Å²) in [6.07, 6.45) is 1.25. The monoisotopic (exact) mass is 323 g/mol. The molecule has 0 saturated carbocycles. The Morgan fingerprint density at radius 1 is 1.09 bits per heavy atom. The van der Waals surface area contributed by atoms with Crippen molar-refractivity contribution in [3.05, 3.63) is 0 Å². The molecule has 1 fully saturated rings. The van der Waals surface area contributed by atoms with Crippen molar-refractivity contribution in [1.82, 2.24) is 5.32 Å². The molecule has 0 bridgehead atoms. The average molecular weight is 323 g/mol. The van der Waals surface area contributed by atoms with E-state index in [9.17, 15) is 19.2 Å². The molecule has 9 N–H and O–H groups in total. The van der Waals surface area contributed by atoms with Gasteiger partial charge in [-0.2, -0.15) is 0 Å². The van der Waals surface area contributed by atoms with Crippen LogP contribution in [0.3, 0.4) is 0 Å². The van der Waals surface area contributed by atoms with E-state index in [0.717, 1.165) is 19.4 Å². The molecule has 2 atom stereocenters. The second-order valence-corrected chi connectivity index (χ2v) is 4.13. The molecule has 1 heterocycles. The molecule has 22 heavy (non-hydrogen) atoms. The van der Waals surface area contributed by atoms with E-state index in [1.807, 2.05) is 0 Å². The highest BCUT2D eigenvalue weighted by atomic mass is 16.4. The molecule has 1 unspecified atom stereocenters. The van der Waals surface area contributed by atoms with Crippen molar-refractivity contribution in [2.45, 2.75) is 31.3 Å². The van der Waals surface area contributed by atoms with E-state index in [1.165, 1.54) is 0 Å². The minimum Gasteiger partial charge on any atom is -0.481 e. The van der Waals surface area contributed by atoms with Crippen molar-refractivity contribution >= 4 is 23.9 Å². The Kier molecular flexibility index (Phi) is 12.5. The van der Waals surface area contributed by atoms with Crippen LogP contribution in [0, 0.1) is 0 Å². The maximum absolute atomic E-state index is 10.1. The summed E-state index contributed by atoms with van der Waals surface area (Å²) in [5.74, 6) is -4.19. The Bertz CT molecular complexity index is 382. The molecule has 0 amide bonds. The fourth-order valence-electron chi connectivity index (χ4n) is 1.17. The lowest BCUT2D eigenvalue weighted by Gasteiger charge is -1.99. The summed E-state index contributed by atoms with van der Waals surface area (Å²) in [5.41, 5.74) is 9.41. The van der Waals surface area contributed by atoms with Crippen molar-refractivity contribution in [3.8, 4) is 0 Å². The molecular formula is C11H21N3O8. The van der Waals surface area contributed by atoms with E-state index < -0.39 is 36.3 Å². The second-order valence-electron chi connectivity index (χ2n) is 4.13. The van der Waals surface area contributed by atoms with Crippen molar-refractivity contribution in [3.63, 3.8) is 0 Å². The summed E-state index contributed by atoms with van der Waals surface area (Å²) in [4.78, 5) is 39.0. The third kappa shape index (κ3) is 14.2. The van der Waals surface area contributed by atoms with Gasteiger partial charge in [0, 0.05) is 0 Å². The molecule has 128 valence electrons. The van der Waals surface area contributed by atoms with E-state index in [2.05, 4.69) is 11.1 Å². The zero-order valence-corrected chi connectivity index (χ0v) is 11.8. The van der Waals surface area contributed by atoms with E-state index in [1.54, 1.807) is 0 Å². The van der Waals surface area contributed by atoms with E-state index >= 15 is 0 Å². The SMILES string of the molecule is NC(CC(=O)O)C(=O)O.NCC(=O)O.O=C(O)[C@@H]1CCCN1. The van der Waals surface area contributed by atoms with Crippen LogP contribution in [0.2, 0.25) is 0 Å². The summed E-state index contributed by atoms with van der Waals surface area (Å²) < 4.78 is 0. The number of hydrogen-bond donors (Lipinski definition) is 7. The van der Waals surface area contributed by atoms with Crippen molar-refractivity contribution in [1.29, 1.82) is 0 Å². The van der Waals surface area contributed by atoms with Gasteiger partial charge in [0.15, 0.2) is 0 Å². The lowest BCUT2D eigenvalue weighted by atomic mass is 10.2. The summed E-state index contributed by atoms with van der Waals surface area (Å²) in [6, 6.07) is -1.56.